The van der Waals surface area contributed by atoms with Crippen LogP contribution in [0.3, 0.4) is 0 Å². The first kappa shape index (κ1) is 16.3. The number of anilines is 1. The molecule has 1 aliphatic carbocycles. The summed E-state index contributed by atoms with van der Waals surface area (Å²) in [6.45, 7) is 12.1. The Balaban J connectivity index is 2.11. The van der Waals surface area contributed by atoms with Crippen LogP contribution in [0.15, 0.2) is 12.1 Å². The van der Waals surface area contributed by atoms with Crippen LogP contribution in [0.2, 0.25) is 0 Å². The van der Waals surface area contributed by atoms with Crippen LogP contribution in [0.1, 0.15) is 58.2 Å². The molecule has 21 heavy (non-hydrogen) atoms. The predicted molar refractivity (Wildman–Crippen MR) is 90.8 cm³/mol. The van der Waals surface area contributed by atoms with Gasteiger partial charge in [0.25, 0.3) is 0 Å². The minimum absolute atomic E-state index is 0.694. The number of pyridine rings is 1. The van der Waals surface area contributed by atoms with E-state index in [1.807, 2.05) is 0 Å². The first-order chi connectivity index (χ1) is 10.1. The third-order valence-corrected chi connectivity index (χ3v) is 3.92. The normalized spacial score (nSPS) is 14.7. The molecule has 0 saturated heterocycles. The second-order valence-electron chi connectivity index (χ2n) is 6.63. The highest BCUT2D eigenvalue weighted by atomic mass is 15.2. The Morgan fingerprint density at radius 2 is 2.05 bits per heavy atom. The van der Waals surface area contributed by atoms with Crippen LogP contribution < -0.4 is 10.2 Å². The molecule has 1 aromatic rings. The van der Waals surface area contributed by atoms with Crippen LogP contribution in [-0.2, 0) is 13.0 Å². The predicted octanol–water partition coefficient (Wildman–Crippen LogP) is 3.77. The molecule has 1 fully saturated rings. The Kier molecular flexibility index (Phi) is 6.04. The van der Waals surface area contributed by atoms with Crippen molar-refractivity contribution in [1.29, 1.82) is 0 Å². The summed E-state index contributed by atoms with van der Waals surface area (Å²) in [5.41, 5.74) is 2.59. The molecule has 0 unspecified atom stereocenters. The summed E-state index contributed by atoms with van der Waals surface area (Å²) in [5, 5.41) is 3.55. The molecular formula is C18H31N3. The first-order valence-electron chi connectivity index (χ1n) is 8.61. The Labute approximate surface area is 130 Å². The molecule has 3 heteroatoms. The maximum atomic E-state index is 4.87. The van der Waals surface area contributed by atoms with Crippen molar-refractivity contribution >= 4 is 5.82 Å². The monoisotopic (exact) mass is 289 g/mol. The number of rotatable bonds is 9. The van der Waals surface area contributed by atoms with Crippen molar-refractivity contribution in [2.75, 3.05) is 18.0 Å². The van der Waals surface area contributed by atoms with Gasteiger partial charge >= 0.3 is 0 Å². The lowest BCUT2D eigenvalue weighted by Crippen LogP contribution is -2.28. The molecule has 0 aliphatic heterocycles. The fourth-order valence-corrected chi connectivity index (χ4v) is 2.68. The van der Waals surface area contributed by atoms with Gasteiger partial charge in [0, 0.05) is 24.8 Å². The van der Waals surface area contributed by atoms with E-state index in [1.54, 1.807) is 0 Å². The van der Waals surface area contributed by atoms with Gasteiger partial charge in [-0.15, -0.1) is 0 Å². The Morgan fingerprint density at radius 1 is 1.29 bits per heavy atom. The van der Waals surface area contributed by atoms with E-state index in [1.165, 1.54) is 36.3 Å². The van der Waals surface area contributed by atoms with Crippen LogP contribution in [0.25, 0.3) is 0 Å². The molecule has 118 valence electrons. The second kappa shape index (κ2) is 7.79. The maximum absolute atomic E-state index is 4.87. The van der Waals surface area contributed by atoms with E-state index in [0.717, 1.165) is 32.1 Å². The van der Waals surface area contributed by atoms with Gasteiger partial charge in [-0.25, -0.2) is 4.98 Å². The number of hydrogen-bond donors (Lipinski definition) is 1. The van der Waals surface area contributed by atoms with Crippen molar-refractivity contribution in [3.05, 3.63) is 23.4 Å². The van der Waals surface area contributed by atoms with E-state index >= 15 is 0 Å². The first-order valence-corrected chi connectivity index (χ1v) is 8.61. The topological polar surface area (TPSA) is 28.2 Å². The highest BCUT2D eigenvalue weighted by Gasteiger charge is 2.29. The summed E-state index contributed by atoms with van der Waals surface area (Å²) >= 11 is 0. The van der Waals surface area contributed by atoms with Gasteiger partial charge in [-0.3, -0.25) is 0 Å². The van der Waals surface area contributed by atoms with Crippen LogP contribution in [0.5, 0.6) is 0 Å². The lowest BCUT2D eigenvalue weighted by atomic mass is 10.1. The van der Waals surface area contributed by atoms with Crippen LogP contribution in [0.4, 0.5) is 5.82 Å². The maximum Gasteiger partial charge on any atom is 0.129 e. The van der Waals surface area contributed by atoms with E-state index in [2.05, 4.69) is 50.0 Å². The highest BCUT2D eigenvalue weighted by Crippen LogP contribution is 2.31. The van der Waals surface area contributed by atoms with E-state index in [4.69, 9.17) is 4.98 Å². The zero-order chi connectivity index (χ0) is 15.2. The number of aryl methyl sites for hydroxylation is 1. The summed E-state index contributed by atoms with van der Waals surface area (Å²) in [4.78, 5) is 7.39. The average Bonchev–Trinajstić information content (AvgIpc) is 3.28. The van der Waals surface area contributed by atoms with Gasteiger partial charge in [-0.05, 0) is 55.8 Å². The molecule has 0 bridgehead atoms. The third kappa shape index (κ3) is 4.99. The zero-order valence-electron chi connectivity index (χ0n) is 14.2. The minimum Gasteiger partial charge on any atom is -0.354 e. The van der Waals surface area contributed by atoms with Gasteiger partial charge in [0.1, 0.15) is 5.82 Å². The van der Waals surface area contributed by atoms with Crippen LogP contribution in [0, 0.1) is 5.92 Å². The number of nitrogens with zero attached hydrogens (tertiary/aromatic N) is 2. The largest absolute Gasteiger partial charge is 0.354 e. The lowest BCUT2D eigenvalue weighted by Gasteiger charge is -2.24. The fourth-order valence-electron chi connectivity index (χ4n) is 2.68. The van der Waals surface area contributed by atoms with E-state index in [-0.39, 0.29) is 0 Å². The molecule has 1 saturated carbocycles. The Bertz CT molecular complexity index is 438. The summed E-state index contributed by atoms with van der Waals surface area (Å²) in [5.74, 6) is 1.89. The highest BCUT2D eigenvalue weighted by molar-refractivity contribution is 5.45. The van der Waals surface area contributed by atoms with Crippen molar-refractivity contribution in [1.82, 2.24) is 10.3 Å². The second-order valence-corrected chi connectivity index (χ2v) is 6.63. The summed E-state index contributed by atoms with van der Waals surface area (Å²) < 4.78 is 0. The minimum atomic E-state index is 0.694. The fraction of sp³-hybridized carbons (Fsp3) is 0.722. The molecule has 0 spiro atoms. The SMILES string of the molecule is CCCN(c1cc(CNCC(C)C)cc(CC)n1)C1CC1. The van der Waals surface area contributed by atoms with Gasteiger partial charge < -0.3 is 10.2 Å². The van der Waals surface area contributed by atoms with Gasteiger partial charge in [0.05, 0.1) is 0 Å². The van der Waals surface area contributed by atoms with Crippen molar-refractivity contribution in [2.45, 2.75) is 66.0 Å². The molecule has 1 aliphatic rings. The summed E-state index contributed by atoms with van der Waals surface area (Å²) in [7, 11) is 0. The zero-order valence-corrected chi connectivity index (χ0v) is 14.2. The average molecular weight is 289 g/mol. The lowest BCUT2D eigenvalue weighted by molar-refractivity contribution is 0.552. The number of nitrogens with one attached hydrogen (secondary N) is 1. The van der Waals surface area contributed by atoms with E-state index < -0.39 is 0 Å². The van der Waals surface area contributed by atoms with Crippen LogP contribution >= 0.6 is 0 Å². The van der Waals surface area contributed by atoms with Gasteiger partial charge in [-0.2, -0.15) is 0 Å². The summed E-state index contributed by atoms with van der Waals surface area (Å²) in [6.07, 6.45) is 4.86. The van der Waals surface area contributed by atoms with Gasteiger partial charge in [-0.1, -0.05) is 27.7 Å². The molecule has 0 amide bonds. The molecule has 2 rings (SSSR count). The smallest absolute Gasteiger partial charge is 0.129 e. The van der Waals surface area contributed by atoms with Crippen molar-refractivity contribution in [3.63, 3.8) is 0 Å². The Morgan fingerprint density at radius 3 is 2.62 bits per heavy atom. The third-order valence-electron chi connectivity index (χ3n) is 3.92. The van der Waals surface area contributed by atoms with Gasteiger partial charge in [0.15, 0.2) is 0 Å². The molecule has 0 aromatic carbocycles. The van der Waals surface area contributed by atoms with E-state index in [9.17, 15) is 0 Å². The summed E-state index contributed by atoms with van der Waals surface area (Å²) in [6, 6.07) is 5.29. The molecular weight excluding hydrogens is 258 g/mol. The van der Waals surface area contributed by atoms with Gasteiger partial charge in [0.2, 0.25) is 0 Å². The number of aromatic nitrogens is 1. The quantitative estimate of drug-likeness (QED) is 0.750. The van der Waals surface area contributed by atoms with Crippen molar-refractivity contribution in [2.24, 2.45) is 5.92 Å². The molecule has 1 N–H and O–H groups in total. The molecule has 0 atom stereocenters. The molecule has 3 nitrogen and oxygen atoms in total. The Hall–Kier alpha value is -1.09. The van der Waals surface area contributed by atoms with Crippen molar-refractivity contribution in [3.8, 4) is 0 Å². The molecule has 1 heterocycles. The van der Waals surface area contributed by atoms with E-state index in [0.29, 0.717) is 5.92 Å². The van der Waals surface area contributed by atoms with Crippen LogP contribution in [-0.4, -0.2) is 24.1 Å². The standard InChI is InChI=1S/C18H31N3/c1-5-9-21(17-7-8-17)18-11-15(10-16(6-2)20-18)13-19-12-14(3)4/h10-11,14,17,19H,5-9,12-13H2,1-4H3. The molecule has 1 aromatic heterocycles. The van der Waals surface area contributed by atoms with Crippen molar-refractivity contribution < 1.29 is 0 Å². The number of hydrogen-bond acceptors (Lipinski definition) is 3. The molecule has 0 radical (unpaired) electrons.